The topological polar surface area (TPSA) is 48.0 Å². The Kier molecular flexibility index (Phi) is 5.51. The normalized spacial score (nSPS) is 12.7. The zero-order chi connectivity index (χ0) is 16.8. The first kappa shape index (κ1) is 16.5. The fourth-order valence-electron chi connectivity index (χ4n) is 2.36. The van der Waals surface area contributed by atoms with Crippen molar-refractivity contribution in [3.63, 3.8) is 0 Å². The van der Waals surface area contributed by atoms with Gasteiger partial charge in [-0.1, -0.05) is 6.07 Å². The third-order valence-electron chi connectivity index (χ3n) is 3.65. The molecule has 0 spiro atoms. The van der Waals surface area contributed by atoms with E-state index in [1.54, 1.807) is 35.5 Å². The van der Waals surface area contributed by atoms with Gasteiger partial charge in [-0.05, 0) is 46.2 Å². The van der Waals surface area contributed by atoms with Crippen molar-refractivity contribution in [2.45, 2.75) is 6.54 Å². The highest BCUT2D eigenvalue weighted by atomic mass is 32.1. The Bertz CT molecular complexity index is 712. The average Bonchev–Trinajstić information content (AvgIpc) is 3.27. The highest BCUT2D eigenvalue weighted by molar-refractivity contribution is 7.07. The monoisotopic (exact) mass is 345 g/mol. The maximum Gasteiger partial charge on any atom is 0.246 e. The summed E-state index contributed by atoms with van der Waals surface area (Å²) in [5.74, 6) is 1.40. The lowest BCUT2D eigenvalue weighted by Gasteiger charge is -2.20. The summed E-state index contributed by atoms with van der Waals surface area (Å²) >= 11 is 1.63. The summed E-state index contributed by atoms with van der Waals surface area (Å²) in [5, 5.41) is 4.06. The van der Waals surface area contributed by atoms with Crippen LogP contribution >= 0.6 is 11.3 Å². The van der Waals surface area contributed by atoms with Crippen LogP contribution in [-0.4, -0.2) is 37.9 Å². The first-order valence-electron chi connectivity index (χ1n) is 7.63. The highest BCUT2D eigenvalue weighted by Gasteiger charge is 2.14. The fraction of sp³-hybridized carbons (Fsp3) is 0.278. The molecule has 0 bridgehead atoms. The molecular weight excluding hydrogens is 326 g/mol. The standard InChI is InChI=1S/C18H19NO4S/c1-21-8-7-19(11-15-6-9-24-12-15)18(20)5-3-14-2-4-16-17(10-14)23-13-22-16/h2-6,9-10,12H,7-8,11,13H2,1H3/b5-3+. The van der Waals surface area contributed by atoms with E-state index in [0.717, 1.165) is 16.9 Å². The molecule has 0 unspecified atom stereocenters. The number of nitrogens with zero attached hydrogens (tertiary/aromatic N) is 1. The quantitative estimate of drug-likeness (QED) is 0.723. The Morgan fingerprint density at radius 1 is 1.33 bits per heavy atom. The van der Waals surface area contributed by atoms with Gasteiger partial charge in [0.1, 0.15) is 0 Å². The third-order valence-corrected chi connectivity index (χ3v) is 4.38. The van der Waals surface area contributed by atoms with Crippen LogP contribution in [0.1, 0.15) is 11.1 Å². The molecule has 0 N–H and O–H groups in total. The summed E-state index contributed by atoms with van der Waals surface area (Å²) in [7, 11) is 1.63. The Morgan fingerprint density at radius 3 is 3.00 bits per heavy atom. The molecule has 1 amide bonds. The number of rotatable bonds is 7. The minimum atomic E-state index is -0.0454. The smallest absolute Gasteiger partial charge is 0.246 e. The van der Waals surface area contributed by atoms with E-state index in [-0.39, 0.29) is 12.7 Å². The van der Waals surface area contributed by atoms with Gasteiger partial charge < -0.3 is 19.1 Å². The molecule has 0 aliphatic carbocycles. The summed E-state index contributed by atoms with van der Waals surface area (Å²) in [6, 6.07) is 7.64. The number of hydrogen-bond donors (Lipinski definition) is 0. The molecule has 1 aliphatic heterocycles. The predicted molar refractivity (Wildman–Crippen MR) is 93.2 cm³/mol. The molecule has 1 aliphatic rings. The molecule has 24 heavy (non-hydrogen) atoms. The molecule has 2 aromatic rings. The Labute approximate surface area is 145 Å². The lowest BCUT2D eigenvalue weighted by Crippen LogP contribution is -2.31. The van der Waals surface area contributed by atoms with Crippen LogP contribution in [-0.2, 0) is 16.1 Å². The van der Waals surface area contributed by atoms with Crippen LogP contribution in [0.25, 0.3) is 6.08 Å². The molecule has 3 rings (SSSR count). The molecule has 6 heteroatoms. The van der Waals surface area contributed by atoms with Gasteiger partial charge in [-0.25, -0.2) is 0 Å². The molecule has 0 fully saturated rings. The number of fused-ring (bicyclic) bond motifs is 1. The molecule has 5 nitrogen and oxygen atoms in total. The predicted octanol–water partition coefficient (Wildman–Crippen LogP) is 3.17. The van der Waals surface area contributed by atoms with Gasteiger partial charge in [0.25, 0.3) is 0 Å². The molecule has 0 atom stereocenters. The van der Waals surface area contributed by atoms with E-state index in [9.17, 15) is 4.79 Å². The molecular formula is C18H19NO4S. The number of hydrogen-bond acceptors (Lipinski definition) is 5. The maximum absolute atomic E-state index is 12.5. The van der Waals surface area contributed by atoms with Crippen LogP contribution < -0.4 is 9.47 Å². The first-order chi connectivity index (χ1) is 11.8. The van der Waals surface area contributed by atoms with Crippen LogP contribution in [0.2, 0.25) is 0 Å². The second-order valence-electron chi connectivity index (χ2n) is 5.33. The van der Waals surface area contributed by atoms with E-state index in [1.165, 1.54) is 0 Å². The van der Waals surface area contributed by atoms with E-state index < -0.39 is 0 Å². The second-order valence-corrected chi connectivity index (χ2v) is 6.11. The average molecular weight is 345 g/mol. The van der Waals surface area contributed by atoms with Gasteiger partial charge in [0.05, 0.1) is 6.61 Å². The van der Waals surface area contributed by atoms with Crippen LogP contribution in [0, 0.1) is 0 Å². The number of amides is 1. The van der Waals surface area contributed by atoms with E-state index in [1.807, 2.05) is 29.6 Å². The van der Waals surface area contributed by atoms with Crippen molar-refractivity contribution < 1.29 is 19.0 Å². The molecule has 2 heterocycles. The van der Waals surface area contributed by atoms with E-state index in [0.29, 0.717) is 25.4 Å². The number of ether oxygens (including phenoxy) is 3. The molecule has 1 aromatic carbocycles. The Hall–Kier alpha value is -2.31. The van der Waals surface area contributed by atoms with Crippen LogP contribution in [0.4, 0.5) is 0 Å². The summed E-state index contributed by atoms with van der Waals surface area (Å²) in [5.41, 5.74) is 2.02. The van der Waals surface area contributed by atoms with Gasteiger partial charge >= 0.3 is 0 Å². The van der Waals surface area contributed by atoms with E-state index in [4.69, 9.17) is 14.2 Å². The lowest BCUT2D eigenvalue weighted by atomic mass is 10.2. The van der Waals surface area contributed by atoms with Gasteiger partial charge in [-0.15, -0.1) is 0 Å². The summed E-state index contributed by atoms with van der Waals surface area (Å²) in [6.45, 7) is 1.88. The number of carbonyl (C=O) groups excluding carboxylic acids is 1. The first-order valence-corrected chi connectivity index (χ1v) is 8.57. The molecule has 1 aromatic heterocycles. The second kappa shape index (κ2) is 7.99. The largest absolute Gasteiger partial charge is 0.454 e. The minimum Gasteiger partial charge on any atom is -0.454 e. The van der Waals surface area contributed by atoms with Gasteiger partial charge in [0, 0.05) is 26.3 Å². The van der Waals surface area contributed by atoms with Gasteiger partial charge in [-0.2, -0.15) is 11.3 Å². The lowest BCUT2D eigenvalue weighted by molar-refractivity contribution is -0.127. The third kappa shape index (κ3) is 4.15. The molecule has 0 saturated carbocycles. The van der Waals surface area contributed by atoms with Crippen molar-refractivity contribution in [2.75, 3.05) is 27.1 Å². The van der Waals surface area contributed by atoms with Crippen LogP contribution in [0.3, 0.4) is 0 Å². The van der Waals surface area contributed by atoms with Gasteiger partial charge in [0.15, 0.2) is 11.5 Å². The number of methoxy groups -OCH3 is 1. The number of carbonyl (C=O) groups is 1. The zero-order valence-corrected chi connectivity index (χ0v) is 14.3. The van der Waals surface area contributed by atoms with Crippen molar-refractivity contribution in [1.29, 1.82) is 0 Å². The van der Waals surface area contributed by atoms with Crippen molar-refractivity contribution in [3.8, 4) is 11.5 Å². The zero-order valence-electron chi connectivity index (χ0n) is 13.4. The van der Waals surface area contributed by atoms with Crippen LogP contribution in [0.15, 0.2) is 41.1 Å². The van der Waals surface area contributed by atoms with Crippen molar-refractivity contribution >= 4 is 23.3 Å². The number of benzene rings is 1. The van der Waals surface area contributed by atoms with Gasteiger partial charge in [0.2, 0.25) is 12.7 Å². The van der Waals surface area contributed by atoms with Crippen LogP contribution in [0.5, 0.6) is 11.5 Å². The summed E-state index contributed by atoms with van der Waals surface area (Å²) in [4.78, 5) is 14.3. The summed E-state index contributed by atoms with van der Waals surface area (Å²) < 4.78 is 15.7. The highest BCUT2D eigenvalue weighted by Crippen LogP contribution is 2.32. The fourth-order valence-corrected chi connectivity index (χ4v) is 3.02. The SMILES string of the molecule is COCCN(Cc1ccsc1)C(=O)/C=C/c1ccc2c(c1)OCO2. The van der Waals surface area contributed by atoms with Gasteiger partial charge in [-0.3, -0.25) is 4.79 Å². The number of thiophene rings is 1. The molecule has 0 saturated heterocycles. The van der Waals surface area contributed by atoms with Crippen molar-refractivity contribution in [3.05, 3.63) is 52.2 Å². The molecule has 0 radical (unpaired) electrons. The minimum absolute atomic E-state index is 0.0454. The maximum atomic E-state index is 12.5. The van der Waals surface area contributed by atoms with E-state index >= 15 is 0 Å². The Balaban J connectivity index is 1.67. The van der Waals surface area contributed by atoms with E-state index in [2.05, 4.69) is 5.38 Å². The van der Waals surface area contributed by atoms with Crippen molar-refractivity contribution in [2.24, 2.45) is 0 Å². The Morgan fingerprint density at radius 2 is 2.21 bits per heavy atom. The molecule has 126 valence electrons. The summed E-state index contributed by atoms with van der Waals surface area (Å²) in [6.07, 6.45) is 3.37. The van der Waals surface area contributed by atoms with Crippen molar-refractivity contribution in [1.82, 2.24) is 4.90 Å².